The van der Waals surface area contributed by atoms with Crippen LogP contribution in [0.15, 0.2) is 30.3 Å². The highest BCUT2D eigenvalue weighted by atomic mass is 32.2. The molecule has 0 radical (unpaired) electrons. The Morgan fingerprint density at radius 2 is 1.94 bits per heavy atom. The Hall–Kier alpha value is -1.44. The topological polar surface area (TPSA) is 86.7 Å². The summed E-state index contributed by atoms with van der Waals surface area (Å²) in [6.07, 6.45) is 0. The van der Waals surface area contributed by atoms with Gasteiger partial charge in [-0.25, -0.2) is 18.2 Å². The van der Waals surface area contributed by atoms with Crippen molar-refractivity contribution >= 4 is 15.9 Å². The van der Waals surface area contributed by atoms with Gasteiger partial charge >= 0.3 is 0 Å². The van der Waals surface area contributed by atoms with E-state index in [0.717, 1.165) is 9.87 Å². The van der Waals surface area contributed by atoms with Crippen LogP contribution in [0.4, 0.5) is 0 Å². The molecule has 0 saturated heterocycles. The summed E-state index contributed by atoms with van der Waals surface area (Å²) in [5.74, 6) is -1.72. The summed E-state index contributed by atoms with van der Waals surface area (Å²) in [5, 5.41) is 8.29. The lowest BCUT2D eigenvalue weighted by molar-refractivity contribution is -0.126. The molecule has 1 amide bonds. The summed E-state index contributed by atoms with van der Waals surface area (Å²) in [5.41, 5.74) is 2.12. The predicted molar refractivity (Wildman–Crippen MR) is 61.6 cm³/mol. The van der Waals surface area contributed by atoms with Gasteiger partial charge in [-0.05, 0) is 5.56 Å². The van der Waals surface area contributed by atoms with Gasteiger partial charge in [-0.1, -0.05) is 30.3 Å². The zero-order chi connectivity index (χ0) is 12.9. The maximum Gasteiger partial charge on any atom is 0.259 e. The van der Waals surface area contributed by atoms with Crippen LogP contribution in [0.1, 0.15) is 5.56 Å². The third-order valence-electron chi connectivity index (χ3n) is 2.16. The Morgan fingerprint density at radius 3 is 2.47 bits per heavy atom. The average Bonchev–Trinajstić information content (AvgIpc) is 2.29. The number of amides is 1. The molecule has 94 valence electrons. The van der Waals surface area contributed by atoms with Crippen molar-refractivity contribution in [1.82, 2.24) is 9.79 Å². The van der Waals surface area contributed by atoms with Crippen LogP contribution >= 0.6 is 0 Å². The van der Waals surface area contributed by atoms with Crippen LogP contribution in [-0.4, -0.2) is 36.6 Å². The fourth-order valence-corrected chi connectivity index (χ4v) is 2.21. The summed E-state index contributed by atoms with van der Waals surface area (Å²) in [6.45, 7) is 0.182. The van der Waals surface area contributed by atoms with E-state index in [1.807, 2.05) is 6.07 Å². The molecular formula is C10H14N2O4S. The normalized spacial score (nSPS) is 11.5. The largest absolute Gasteiger partial charge is 0.289 e. The fourth-order valence-electron chi connectivity index (χ4n) is 1.25. The minimum absolute atomic E-state index is 0.182. The average molecular weight is 258 g/mol. The Morgan fingerprint density at radius 1 is 1.35 bits per heavy atom. The Bertz CT molecular complexity index is 472. The monoisotopic (exact) mass is 258 g/mol. The fraction of sp³-hybridized carbons (Fsp3) is 0.300. The number of hydrogen-bond donors (Lipinski definition) is 2. The second-order valence-electron chi connectivity index (χ2n) is 3.53. The molecule has 0 bridgehead atoms. The maximum absolute atomic E-state index is 11.7. The molecule has 2 N–H and O–H groups in total. The van der Waals surface area contributed by atoms with E-state index in [2.05, 4.69) is 0 Å². The first-order valence-corrected chi connectivity index (χ1v) is 6.47. The van der Waals surface area contributed by atoms with Crippen molar-refractivity contribution in [2.45, 2.75) is 6.54 Å². The van der Waals surface area contributed by atoms with Gasteiger partial charge in [-0.15, -0.1) is 0 Å². The highest BCUT2D eigenvalue weighted by molar-refractivity contribution is 7.89. The van der Waals surface area contributed by atoms with Crippen LogP contribution < -0.4 is 5.48 Å². The lowest BCUT2D eigenvalue weighted by atomic mass is 10.2. The van der Waals surface area contributed by atoms with Crippen molar-refractivity contribution in [3.05, 3.63) is 35.9 Å². The summed E-state index contributed by atoms with van der Waals surface area (Å²) in [4.78, 5) is 10.8. The lowest BCUT2D eigenvalue weighted by Crippen LogP contribution is -2.36. The number of nitrogens with one attached hydrogen (secondary N) is 1. The van der Waals surface area contributed by atoms with E-state index in [1.165, 1.54) is 12.5 Å². The molecule has 0 spiro atoms. The van der Waals surface area contributed by atoms with E-state index in [0.29, 0.717) is 0 Å². The van der Waals surface area contributed by atoms with Gasteiger partial charge < -0.3 is 0 Å². The van der Waals surface area contributed by atoms with Gasteiger partial charge in [-0.3, -0.25) is 10.0 Å². The number of nitrogens with zero attached hydrogens (tertiary/aromatic N) is 1. The summed E-state index contributed by atoms with van der Waals surface area (Å²) >= 11 is 0. The Kier molecular flexibility index (Phi) is 4.62. The molecule has 0 aliphatic carbocycles. The summed E-state index contributed by atoms with van der Waals surface area (Å²) in [6, 6.07) is 9.01. The number of hydrogen-bond acceptors (Lipinski definition) is 4. The molecule has 0 heterocycles. The second kappa shape index (κ2) is 5.76. The zero-order valence-electron chi connectivity index (χ0n) is 9.33. The molecule has 1 aromatic rings. The SMILES string of the molecule is CN(Cc1ccccc1)S(=O)(=O)CC(=O)NO. The zero-order valence-corrected chi connectivity index (χ0v) is 10.1. The van der Waals surface area contributed by atoms with E-state index < -0.39 is 21.7 Å². The minimum atomic E-state index is -3.71. The van der Waals surface area contributed by atoms with Gasteiger partial charge in [0.25, 0.3) is 5.91 Å². The summed E-state index contributed by atoms with van der Waals surface area (Å²) in [7, 11) is -2.33. The van der Waals surface area contributed by atoms with Crippen LogP contribution in [0.5, 0.6) is 0 Å². The van der Waals surface area contributed by atoms with E-state index >= 15 is 0 Å². The van der Waals surface area contributed by atoms with Crippen molar-refractivity contribution < 1.29 is 18.4 Å². The molecule has 17 heavy (non-hydrogen) atoms. The van der Waals surface area contributed by atoms with Crippen LogP contribution in [0.3, 0.4) is 0 Å². The molecule has 0 saturated carbocycles. The number of carbonyl (C=O) groups excluding carboxylic acids is 1. The number of sulfonamides is 1. The maximum atomic E-state index is 11.7. The Labute approximate surface area is 99.9 Å². The predicted octanol–water partition coefficient (Wildman–Crippen LogP) is -0.0464. The molecule has 1 aromatic carbocycles. The minimum Gasteiger partial charge on any atom is -0.289 e. The van der Waals surface area contributed by atoms with E-state index in [-0.39, 0.29) is 6.54 Å². The van der Waals surface area contributed by atoms with Gasteiger partial charge in [0.05, 0.1) is 0 Å². The van der Waals surface area contributed by atoms with Crippen molar-refractivity contribution in [3.63, 3.8) is 0 Å². The van der Waals surface area contributed by atoms with Crippen LogP contribution in [-0.2, 0) is 21.4 Å². The third-order valence-corrected chi connectivity index (χ3v) is 3.87. The highest BCUT2D eigenvalue weighted by Crippen LogP contribution is 2.07. The first kappa shape index (κ1) is 13.6. The van der Waals surface area contributed by atoms with Gasteiger partial charge in [0.2, 0.25) is 10.0 Å². The van der Waals surface area contributed by atoms with Gasteiger partial charge in [0, 0.05) is 13.6 Å². The molecule has 7 heteroatoms. The van der Waals surface area contributed by atoms with Crippen LogP contribution in [0.2, 0.25) is 0 Å². The number of carbonyl (C=O) groups is 1. The molecule has 0 aliphatic heterocycles. The van der Waals surface area contributed by atoms with E-state index in [9.17, 15) is 13.2 Å². The number of benzene rings is 1. The quantitative estimate of drug-likeness (QED) is 0.573. The molecule has 0 aliphatic rings. The third kappa shape index (κ3) is 4.14. The number of rotatable bonds is 5. The molecule has 0 fully saturated rings. The van der Waals surface area contributed by atoms with Crippen molar-refractivity contribution in [2.24, 2.45) is 0 Å². The van der Waals surface area contributed by atoms with Crippen LogP contribution in [0.25, 0.3) is 0 Å². The first-order valence-electron chi connectivity index (χ1n) is 4.86. The lowest BCUT2D eigenvalue weighted by Gasteiger charge is -2.16. The Balaban J connectivity index is 2.70. The smallest absolute Gasteiger partial charge is 0.259 e. The standard InChI is InChI=1S/C10H14N2O4S/c1-12(7-9-5-3-2-4-6-9)17(15,16)8-10(13)11-14/h2-6,14H,7-8H2,1H3,(H,11,13). The van der Waals surface area contributed by atoms with E-state index in [1.54, 1.807) is 24.3 Å². The number of hydroxylamine groups is 1. The van der Waals surface area contributed by atoms with Gasteiger partial charge in [0.1, 0.15) is 5.75 Å². The molecule has 6 nitrogen and oxygen atoms in total. The van der Waals surface area contributed by atoms with Gasteiger partial charge in [0.15, 0.2) is 0 Å². The van der Waals surface area contributed by atoms with Gasteiger partial charge in [-0.2, -0.15) is 0 Å². The van der Waals surface area contributed by atoms with E-state index in [4.69, 9.17) is 5.21 Å². The van der Waals surface area contributed by atoms with Crippen molar-refractivity contribution in [3.8, 4) is 0 Å². The van der Waals surface area contributed by atoms with Crippen LogP contribution in [0, 0.1) is 0 Å². The summed E-state index contributed by atoms with van der Waals surface area (Å²) < 4.78 is 24.4. The highest BCUT2D eigenvalue weighted by Gasteiger charge is 2.21. The molecule has 1 rings (SSSR count). The second-order valence-corrected chi connectivity index (χ2v) is 5.61. The van der Waals surface area contributed by atoms with Crippen molar-refractivity contribution in [1.29, 1.82) is 0 Å². The molecule has 0 atom stereocenters. The molecular weight excluding hydrogens is 244 g/mol. The molecule has 0 aromatic heterocycles. The van der Waals surface area contributed by atoms with Crippen molar-refractivity contribution in [2.75, 3.05) is 12.8 Å². The molecule has 0 unspecified atom stereocenters. The first-order chi connectivity index (χ1) is 7.95.